The zero-order valence-electron chi connectivity index (χ0n) is 11.1. The van der Waals surface area contributed by atoms with Gasteiger partial charge in [-0.1, -0.05) is 39.0 Å². The van der Waals surface area contributed by atoms with Crippen LogP contribution >= 0.6 is 0 Å². The summed E-state index contributed by atoms with van der Waals surface area (Å²) in [6.07, 6.45) is 0. The maximum Gasteiger partial charge on any atom is 0.174 e. The van der Waals surface area contributed by atoms with E-state index in [2.05, 4.69) is 20.8 Å². The lowest BCUT2D eigenvalue weighted by atomic mass is 9.86. The lowest BCUT2D eigenvalue weighted by Gasteiger charge is -2.18. The number of rotatable bonds is 0. The van der Waals surface area contributed by atoms with Crippen LogP contribution < -0.4 is 5.11 Å². The lowest BCUT2D eigenvalue weighted by Crippen LogP contribution is -2.10. The van der Waals surface area contributed by atoms with Gasteiger partial charge in [0.25, 0.3) is 0 Å². The van der Waals surface area contributed by atoms with Crippen LogP contribution in [0.5, 0.6) is 11.5 Å². The average Bonchev–Trinajstić information content (AvgIpc) is 2.71. The second-order valence-corrected chi connectivity index (χ2v) is 5.80. The molecule has 0 atom stereocenters. The van der Waals surface area contributed by atoms with Crippen LogP contribution in [-0.2, 0) is 10.5 Å². The maximum absolute atomic E-state index is 11.9. The second-order valence-electron chi connectivity index (χ2n) is 5.80. The number of furan rings is 1. The molecule has 3 nitrogen and oxygen atoms in total. The van der Waals surface area contributed by atoms with Gasteiger partial charge in [-0.05, 0) is 23.3 Å². The van der Waals surface area contributed by atoms with Crippen LogP contribution in [0.25, 0.3) is 21.9 Å². The Hall–Kier alpha value is -2.16. The monoisotopic (exact) mass is 254 g/mol. The van der Waals surface area contributed by atoms with Crippen molar-refractivity contribution in [1.29, 1.82) is 0 Å². The highest BCUT2D eigenvalue weighted by Crippen LogP contribution is 2.41. The van der Waals surface area contributed by atoms with Crippen LogP contribution in [0.15, 0.2) is 34.7 Å². The molecular formula is C16H14O3-. The second kappa shape index (κ2) is 3.67. The third-order valence-corrected chi connectivity index (χ3v) is 3.39. The van der Waals surface area contributed by atoms with Crippen molar-refractivity contribution in [3.63, 3.8) is 0 Å². The molecule has 0 saturated carbocycles. The van der Waals surface area contributed by atoms with Crippen molar-refractivity contribution < 1.29 is 14.6 Å². The lowest BCUT2D eigenvalue weighted by molar-refractivity contribution is -0.269. The minimum absolute atomic E-state index is 0.0866. The minimum atomic E-state index is -0.562. The Labute approximate surface area is 111 Å². The van der Waals surface area contributed by atoms with E-state index in [1.54, 1.807) is 6.07 Å². The van der Waals surface area contributed by atoms with Crippen LogP contribution in [0.2, 0.25) is 0 Å². The number of fused-ring (bicyclic) bond motifs is 3. The molecule has 3 heteroatoms. The van der Waals surface area contributed by atoms with E-state index < -0.39 is 11.5 Å². The van der Waals surface area contributed by atoms with Crippen LogP contribution in [-0.4, -0.2) is 0 Å². The summed E-state index contributed by atoms with van der Waals surface area (Å²) in [4.78, 5) is 0. The summed E-state index contributed by atoms with van der Waals surface area (Å²) in [5, 5.41) is 24.9. The molecule has 1 aromatic heterocycles. The van der Waals surface area contributed by atoms with Gasteiger partial charge in [0.05, 0.1) is 0 Å². The molecule has 0 unspecified atom stereocenters. The minimum Gasteiger partial charge on any atom is -0.867 e. The zero-order valence-corrected chi connectivity index (χ0v) is 11.1. The van der Waals surface area contributed by atoms with Gasteiger partial charge in [-0.25, -0.2) is 0 Å². The van der Waals surface area contributed by atoms with E-state index in [4.69, 9.17) is 4.42 Å². The fraction of sp³-hybridized carbons (Fsp3) is 0.250. The quantitative estimate of drug-likeness (QED) is 0.606. The fourth-order valence-corrected chi connectivity index (χ4v) is 2.41. The summed E-state index contributed by atoms with van der Waals surface area (Å²) >= 11 is 0. The molecule has 0 aliphatic carbocycles. The topological polar surface area (TPSA) is 56.1 Å². The summed E-state index contributed by atoms with van der Waals surface area (Å²) in [7, 11) is 0. The normalized spacial score (nSPS) is 12.4. The molecule has 0 aliphatic heterocycles. The zero-order chi connectivity index (χ0) is 13.8. The number of para-hydroxylation sites is 1. The predicted molar refractivity (Wildman–Crippen MR) is 72.0 cm³/mol. The van der Waals surface area contributed by atoms with Crippen molar-refractivity contribution in [2.45, 2.75) is 26.2 Å². The standard InChI is InChI=1S/C16H15O3/c1-16(2,3)11-6-4-5-9-10-7-8-12(17)13(18)15(10)19-14(9)11/h4-8,18H,1-3H3/p-1. The van der Waals surface area contributed by atoms with E-state index in [1.807, 2.05) is 18.2 Å². The summed E-state index contributed by atoms with van der Waals surface area (Å²) in [5.41, 5.74) is 1.82. The molecule has 1 heterocycles. The third-order valence-electron chi connectivity index (χ3n) is 3.39. The molecule has 1 radical (unpaired) electrons. The Morgan fingerprint density at radius 3 is 2.37 bits per heavy atom. The Kier molecular flexibility index (Phi) is 2.30. The van der Waals surface area contributed by atoms with Crippen molar-refractivity contribution >= 4 is 21.9 Å². The first-order chi connectivity index (χ1) is 8.89. The van der Waals surface area contributed by atoms with Crippen molar-refractivity contribution in [3.8, 4) is 11.5 Å². The van der Waals surface area contributed by atoms with E-state index in [0.29, 0.717) is 11.0 Å². The smallest absolute Gasteiger partial charge is 0.174 e. The van der Waals surface area contributed by atoms with Gasteiger partial charge in [-0.15, -0.1) is 0 Å². The highest BCUT2D eigenvalue weighted by Gasteiger charge is 2.20. The van der Waals surface area contributed by atoms with E-state index >= 15 is 0 Å². The number of hydrogen-bond acceptors (Lipinski definition) is 2. The van der Waals surface area contributed by atoms with Gasteiger partial charge in [0.1, 0.15) is 11.2 Å². The van der Waals surface area contributed by atoms with Gasteiger partial charge in [0.2, 0.25) is 0 Å². The van der Waals surface area contributed by atoms with Crippen LogP contribution in [0.4, 0.5) is 0 Å². The Morgan fingerprint density at radius 2 is 1.68 bits per heavy atom. The van der Waals surface area contributed by atoms with Crippen LogP contribution in [0.3, 0.4) is 0 Å². The fourth-order valence-electron chi connectivity index (χ4n) is 2.41. The van der Waals surface area contributed by atoms with Gasteiger partial charge in [-0.3, -0.25) is 5.11 Å². The van der Waals surface area contributed by atoms with Crippen LogP contribution in [0.1, 0.15) is 26.3 Å². The molecule has 3 rings (SSSR count). The number of benzene rings is 2. The van der Waals surface area contributed by atoms with Gasteiger partial charge < -0.3 is 9.52 Å². The van der Waals surface area contributed by atoms with Crippen molar-refractivity contribution in [3.05, 3.63) is 35.9 Å². The Bertz CT molecular complexity index is 776. The molecule has 0 amide bonds. The van der Waals surface area contributed by atoms with Gasteiger partial charge >= 0.3 is 0 Å². The average molecular weight is 254 g/mol. The number of hydrogen-bond donors (Lipinski definition) is 0. The van der Waals surface area contributed by atoms with Crippen molar-refractivity contribution in [1.82, 2.24) is 0 Å². The van der Waals surface area contributed by atoms with Crippen molar-refractivity contribution in [2.75, 3.05) is 0 Å². The van der Waals surface area contributed by atoms with E-state index in [-0.39, 0.29) is 11.0 Å². The summed E-state index contributed by atoms with van der Waals surface area (Å²) in [6, 6.07) is 8.84. The molecule has 0 spiro atoms. The third kappa shape index (κ3) is 1.65. The molecule has 97 valence electrons. The van der Waals surface area contributed by atoms with Gasteiger partial charge in [0, 0.05) is 16.3 Å². The highest BCUT2D eigenvalue weighted by atomic mass is 16.4. The molecular weight excluding hydrogens is 240 g/mol. The largest absolute Gasteiger partial charge is 0.867 e. The molecule has 3 aromatic rings. The van der Waals surface area contributed by atoms with Gasteiger partial charge in [-0.2, -0.15) is 0 Å². The van der Waals surface area contributed by atoms with E-state index in [1.165, 1.54) is 6.07 Å². The first-order valence-corrected chi connectivity index (χ1v) is 6.22. The molecule has 19 heavy (non-hydrogen) atoms. The summed E-state index contributed by atoms with van der Waals surface area (Å²) in [5.74, 6) is -1.09. The predicted octanol–water partition coefficient (Wildman–Crippen LogP) is 4.10. The van der Waals surface area contributed by atoms with E-state index in [9.17, 15) is 10.2 Å². The molecule has 0 N–H and O–H groups in total. The van der Waals surface area contributed by atoms with Crippen LogP contribution in [0, 0.1) is 0 Å². The first kappa shape index (κ1) is 11.9. The van der Waals surface area contributed by atoms with Crippen molar-refractivity contribution in [2.24, 2.45) is 0 Å². The molecule has 0 bridgehead atoms. The van der Waals surface area contributed by atoms with E-state index in [0.717, 1.165) is 10.9 Å². The van der Waals surface area contributed by atoms with Gasteiger partial charge in [0.15, 0.2) is 5.75 Å². The molecule has 0 saturated heterocycles. The Balaban J connectivity index is 2.50. The molecule has 0 fully saturated rings. The summed E-state index contributed by atoms with van der Waals surface area (Å²) in [6.45, 7) is 6.27. The molecule has 2 aromatic carbocycles. The molecule has 0 aliphatic rings. The SMILES string of the molecule is CC(C)(C)c1cccc2c1oc1c([O-])c([O])ccc12. The highest BCUT2D eigenvalue weighted by molar-refractivity contribution is 6.08. The Morgan fingerprint density at radius 1 is 1.00 bits per heavy atom. The first-order valence-electron chi connectivity index (χ1n) is 6.22. The summed E-state index contributed by atoms with van der Waals surface area (Å²) < 4.78 is 5.71. The maximum atomic E-state index is 11.9.